The van der Waals surface area contributed by atoms with Crippen molar-refractivity contribution in [1.82, 2.24) is 4.33 Å². The first kappa shape index (κ1) is 9.35. The van der Waals surface area contributed by atoms with Gasteiger partial charge >= 0.3 is 72.1 Å². The van der Waals surface area contributed by atoms with Crippen LogP contribution in [0.5, 0.6) is 0 Å². The van der Waals surface area contributed by atoms with Crippen molar-refractivity contribution in [1.29, 1.82) is 0 Å². The summed E-state index contributed by atoms with van der Waals surface area (Å²) in [6, 6.07) is 8.20. The molecule has 0 spiro atoms. The zero-order valence-electron chi connectivity index (χ0n) is 6.40. The standard InChI is InChI=1S/C7H10N2O2Se/c8-6-9-12(10,11)7-4-2-1-3-5-7/h1-5,9H,6,8H2. The first-order chi connectivity index (χ1) is 5.67. The summed E-state index contributed by atoms with van der Waals surface area (Å²) in [5, 5.41) is 0. The number of hydrogen-bond acceptors (Lipinski definition) is 3. The van der Waals surface area contributed by atoms with Gasteiger partial charge in [-0.15, -0.1) is 0 Å². The molecule has 0 aromatic heterocycles. The van der Waals surface area contributed by atoms with Gasteiger partial charge in [0.2, 0.25) is 0 Å². The minimum atomic E-state index is -4.13. The van der Waals surface area contributed by atoms with Gasteiger partial charge in [-0.25, -0.2) is 0 Å². The Morgan fingerprint density at radius 3 is 2.33 bits per heavy atom. The van der Waals surface area contributed by atoms with Crippen LogP contribution in [0, 0.1) is 0 Å². The molecule has 0 aliphatic carbocycles. The fourth-order valence-electron chi connectivity index (χ4n) is 0.793. The maximum absolute atomic E-state index is 11.3. The normalized spacial score (nSPS) is 11.4. The zero-order chi connectivity index (χ0) is 9.03. The Bertz CT molecular complexity index is 334. The molecule has 0 atom stereocenters. The minimum absolute atomic E-state index is 0.0537. The second-order valence-electron chi connectivity index (χ2n) is 2.16. The molecule has 1 aromatic carbocycles. The van der Waals surface area contributed by atoms with Crippen molar-refractivity contribution in [3.8, 4) is 0 Å². The van der Waals surface area contributed by atoms with Gasteiger partial charge in [-0.2, -0.15) is 0 Å². The van der Waals surface area contributed by atoms with Crippen molar-refractivity contribution >= 4 is 17.4 Å². The van der Waals surface area contributed by atoms with Crippen LogP contribution in [-0.2, 0) is 7.67 Å². The number of nitrogens with two attached hydrogens (primary N) is 1. The van der Waals surface area contributed by atoms with Crippen LogP contribution < -0.4 is 14.5 Å². The fourth-order valence-corrected chi connectivity index (χ4v) is 2.68. The Balaban J connectivity index is 2.99. The monoisotopic (exact) mass is 234 g/mol. The predicted molar refractivity (Wildman–Crippen MR) is 45.4 cm³/mol. The van der Waals surface area contributed by atoms with Crippen molar-refractivity contribution < 1.29 is 7.67 Å². The summed E-state index contributed by atoms with van der Waals surface area (Å²) in [5.41, 5.74) is 5.08. The van der Waals surface area contributed by atoms with Gasteiger partial charge in [0.05, 0.1) is 0 Å². The number of benzene rings is 1. The third-order valence-electron chi connectivity index (χ3n) is 1.33. The van der Waals surface area contributed by atoms with E-state index in [0.717, 1.165) is 0 Å². The van der Waals surface area contributed by atoms with Crippen LogP contribution in [0.25, 0.3) is 0 Å². The molecule has 0 radical (unpaired) electrons. The molecule has 3 N–H and O–H groups in total. The van der Waals surface area contributed by atoms with Gasteiger partial charge in [0.1, 0.15) is 0 Å². The van der Waals surface area contributed by atoms with Crippen molar-refractivity contribution in [2.75, 3.05) is 6.67 Å². The van der Waals surface area contributed by atoms with Crippen LogP contribution >= 0.6 is 0 Å². The number of hydrogen-bond donors (Lipinski definition) is 2. The molecule has 0 saturated heterocycles. The van der Waals surface area contributed by atoms with Crippen molar-refractivity contribution in [2.24, 2.45) is 5.73 Å². The van der Waals surface area contributed by atoms with Crippen LogP contribution in [0.2, 0.25) is 0 Å². The summed E-state index contributed by atoms with van der Waals surface area (Å²) in [6.07, 6.45) is 0. The maximum atomic E-state index is 11.3. The van der Waals surface area contributed by atoms with E-state index in [-0.39, 0.29) is 6.67 Å². The molecule has 1 rings (SSSR count). The van der Waals surface area contributed by atoms with Gasteiger partial charge in [-0.1, -0.05) is 0 Å². The average Bonchev–Trinajstić information content (AvgIpc) is 2.06. The van der Waals surface area contributed by atoms with Gasteiger partial charge in [-0.05, 0) is 0 Å². The number of rotatable bonds is 3. The Hall–Kier alpha value is -0.741. The van der Waals surface area contributed by atoms with E-state index in [2.05, 4.69) is 4.33 Å². The molecule has 0 heterocycles. The first-order valence-electron chi connectivity index (χ1n) is 3.41. The van der Waals surface area contributed by atoms with Gasteiger partial charge in [0.15, 0.2) is 0 Å². The summed E-state index contributed by atoms with van der Waals surface area (Å²) in [6.45, 7) is -0.0537. The van der Waals surface area contributed by atoms with Crippen LogP contribution in [-0.4, -0.2) is 19.6 Å². The summed E-state index contributed by atoms with van der Waals surface area (Å²) in [5.74, 6) is 0. The molecule has 4 nitrogen and oxygen atoms in total. The summed E-state index contributed by atoms with van der Waals surface area (Å²) in [4.78, 5) is 0. The van der Waals surface area contributed by atoms with Crippen molar-refractivity contribution in [3.63, 3.8) is 0 Å². The second kappa shape index (κ2) is 3.78. The third-order valence-corrected chi connectivity index (χ3v) is 4.35. The van der Waals surface area contributed by atoms with E-state index < -0.39 is 12.9 Å². The van der Waals surface area contributed by atoms with Crippen molar-refractivity contribution in [2.45, 2.75) is 0 Å². The van der Waals surface area contributed by atoms with E-state index in [0.29, 0.717) is 4.46 Å². The van der Waals surface area contributed by atoms with E-state index in [1.54, 1.807) is 30.3 Å². The molecule has 0 bridgehead atoms. The van der Waals surface area contributed by atoms with Crippen molar-refractivity contribution in [3.05, 3.63) is 30.3 Å². The fraction of sp³-hybridized carbons (Fsp3) is 0.143. The molecule has 0 saturated carbocycles. The Labute approximate surface area is 72.6 Å². The van der Waals surface area contributed by atoms with E-state index in [1.165, 1.54) is 0 Å². The van der Waals surface area contributed by atoms with Crippen LogP contribution in [0.4, 0.5) is 0 Å². The van der Waals surface area contributed by atoms with Gasteiger partial charge in [0, 0.05) is 0 Å². The van der Waals surface area contributed by atoms with Gasteiger partial charge in [0.25, 0.3) is 0 Å². The summed E-state index contributed by atoms with van der Waals surface area (Å²) < 4.78 is 25.2. The quantitative estimate of drug-likeness (QED) is 0.529. The Morgan fingerprint density at radius 1 is 1.25 bits per heavy atom. The van der Waals surface area contributed by atoms with E-state index in [1.807, 2.05) is 0 Å². The van der Waals surface area contributed by atoms with E-state index in [4.69, 9.17) is 5.73 Å². The molecule has 66 valence electrons. The molecule has 0 aliphatic heterocycles. The molecule has 0 unspecified atom stereocenters. The Kier molecular flexibility index (Phi) is 2.94. The topological polar surface area (TPSA) is 72.2 Å². The average molecular weight is 233 g/mol. The van der Waals surface area contributed by atoms with Crippen LogP contribution in [0.15, 0.2) is 30.3 Å². The molecule has 0 fully saturated rings. The molecule has 0 amide bonds. The molecular formula is C7H10N2O2Se. The predicted octanol–water partition coefficient (Wildman–Crippen LogP) is -0.801. The number of nitrogens with one attached hydrogen (secondary N) is 1. The molecular weight excluding hydrogens is 223 g/mol. The van der Waals surface area contributed by atoms with E-state index >= 15 is 0 Å². The molecule has 5 heteroatoms. The van der Waals surface area contributed by atoms with E-state index in [9.17, 15) is 7.67 Å². The summed E-state index contributed by atoms with van der Waals surface area (Å²) in [7, 11) is 0. The molecule has 12 heavy (non-hydrogen) atoms. The molecule has 0 aliphatic rings. The second-order valence-corrected chi connectivity index (χ2v) is 5.87. The van der Waals surface area contributed by atoms with Gasteiger partial charge in [-0.3, -0.25) is 0 Å². The summed E-state index contributed by atoms with van der Waals surface area (Å²) >= 11 is -4.13. The van der Waals surface area contributed by atoms with Gasteiger partial charge < -0.3 is 0 Å². The zero-order valence-corrected chi connectivity index (χ0v) is 8.11. The SMILES string of the molecule is NCN[Se](=O)(=O)c1ccccc1. The Morgan fingerprint density at radius 2 is 1.83 bits per heavy atom. The van der Waals surface area contributed by atoms with Crippen LogP contribution in [0.1, 0.15) is 0 Å². The first-order valence-corrected chi connectivity index (χ1v) is 6.53. The third kappa shape index (κ3) is 2.12. The van der Waals surface area contributed by atoms with Crippen LogP contribution in [0.3, 0.4) is 0 Å². The molecule has 1 aromatic rings.